The molecular weight excluding hydrogens is 198 g/mol. The van der Waals surface area contributed by atoms with Crippen LogP contribution in [0.2, 0.25) is 0 Å². The van der Waals surface area contributed by atoms with Crippen LogP contribution >= 0.6 is 0 Å². The van der Waals surface area contributed by atoms with E-state index in [0.29, 0.717) is 0 Å². The van der Waals surface area contributed by atoms with Gasteiger partial charge in [-0.1, -0.05) is 25.1 Å². The number of aryl methyl sites for hydroxylation is 1. The summed E-state index contributed by atoms with van der Waals surface area (Å²) in [6.45, 7) is 4.13. The molecular formula is C13H17N3. The molecule has 1 aromatic heterocycles. The van der Waals surface area contributed by atoms with Gasteiger partial charge in [0.25, 0.3) is 0 Å². The van der Waals surface area contributed by atoms with Crippen LogP contribution in [0, 0.1) is 6.92 Å². The van der Waals surface area contributed by atoms with Crippen LogP contribution in [0.4, 0.5) is 0 Å². The summed E-state index contributed by atoms with van der Waals surface area (Å²) in [6, 6.07) is 8.22. The van der Waals surface area contributed by atoms with Gasteiger partial charge in [-0.3, -0.25) is 0 Å². The number of nitrogens with two attached hydrogens (primary N) is 1. The molecule has 0 fully saturated rings. The Kier molecular flexibility index (Phi) is 3.06. The summed E-state index contributed by atoms with van der Waals surface area (Å²) >= 11 is 0. The van der Waals surface area contributed by atoms with Crippen molar-refractivity contribution in [3.05, 3.63) is 47.8 Å². The smallest absolute Gasteiger partial charge is 0.0693 e. The Morgan fingerprint density at radius 2 is 2.12 bits per heavy atom. The highest BCUT2D eigenvalue weighted by Gasteiger charge is 2.10. The predicted octanol–water partition coefficient (Wildman–Crippen LogP) is 2.59. The summed E-state index contributed by atoms with van der Waals surface area (Å²) in [4.78, 5) is 0. The lowest BCUT2D eigenvalue weighted by atomic mass is 10.0. The molecule has 2 aromatic rings. The summed E-state index contributed by atoms with van der Waals surface area (Å²) in [5, 5.41) is 4.32. The molecule has 0 amide bonds. The Bertz CT molecular complexity index is 474. The van der Waals surface area contributed by atoms with E-state index in [4.69, 9.17) is 5.73 Å². The van der Waals surface area contributed by atoms with Crippen molar-refractivity contribution in [2.45, 2.75) is 26.3 Å². The summed E-state index contributed by atoms with van der Waals surface area (Å²) < 4.78 is 1.89. The van der Waals surface area contributed by atoms with Crippen molar-refractivity contribution < 1.29 is 0 Å². The number of rotatable bonds is 3. The van der Waals surface area contributed by atoms with Crippen LogP contribution in [-0.2, 0) is 0 Å². The third-order valence-electron chi connectivity index (χ3n) is 2.73. The van der Waals surface area contributed by atoms with E-state index in [-0.39, 0.29) is 6.04 Å². The molecule has 0 aliphatic heterocycles. The van der Waals surface area contributed by atoms with Crippen molar-refractivity contribution in [1.29, 1.82) is 0 Å². The average Bonchev–Trinajstić information content (AvgIpc) is 2.75. The highest BCUT2D eigenvalue weighted by molar-refractivity contribution is 5.42. The first-order valence-electron chi connectivity index (χ1n) is 5.58. The van der Waals surface area contributed by atoms with Gasteiger partial charge in [-0.2, -0.15) is 5.10 Å². The minimum atomic E-state index is 0.0701. The van der Waals surface area contributed by atoms with Gasteiger partial charge < -0.3 is 5.73 Å². The topological polar surface area (TPSA) is 43.8 Å². The quantitative estimate of drug-likeness (QED) is 0.855. The van der Waals surface area contributed by atoms with Crippen LogP contribution in [0.3, 0.4) is 0 Å². The zero-order valence-electron chi connectivity index (χ0n) is 9.72. The molecule has 0 aliphatic carbocycles. The van der Waals surface area contributed by atoms with Crippen molar-refractivity contribution in [1.82, 2.24) is 9.78 Å². The molecule has 0 aliphatic rings. The molecule has 3 heteroatoms. The fraction of sp³-hybridized carbons (Fsp3) is 0.308. The van der Waals surface area contributed by atoms with Crippen molar-refractivity contribution in [3.63, 3.8) is 0 Å². The molecule has 2 N–H and O–H groups in total. The average molecular weight is 215 g/mol. The highest BCUT2D eigenvalue weighted by atomic mass is 15.3. The minimum absolute atomic E-state index is 0.0701. The highest BCUT2D eigenvalue weighted by Crippen LogP contribution is 2.21. The van der Waals surface area contributed by atoms with Gasteiger partial charge in [-0.05, 0) is 30.5 Å². The number of aromatic nitrogens is 2. The van der Waals surface area contributed by atoms with E-state index in [1.807, 2.05) is 36.1 Å². The van der Waals surface area contributed by atoms with E-state index in [2.05, 4.69) is 24.2 Å². The Morgan fingerprint density at radius 3 is 2.75 bits per heavy atom. The lowest BCUT2D eigenvalue weighted by Crippen LogP contribution is -2.12. The van der Waals surface area contributed by atoms with E-state index < -0.39 is 0 Å². The van der Waals surface area contributed by atoms with Gasteiger partial charge in [0.1, 0.15) is 0 Å². The molecule has 84 valence electrons. The van der Waals surface area contributed by atoms with Gasteiger partial charge in [0, 0.05) is 12.2 Å². The van der Waals surface area contributed by atoms with E-state index >= 15 is 0 Å². The molecule has 16 heavy (non-hydrogen) atoms. The number of para-hydroxylation sites is 1. The monoisotopic (exact) mass is 215 g/mol. The first-order valence-corrected chi connectivity index (χ1v) is 5.58. The van der Waals surface area contributed by atoms with E-state index in [1.165, 1.54) is 0 Å². The van der Waals surface area contributed by atoms with Crippen LogP contribution in [0.5, 0.6) is 0 Å². The largest absolute Gasteiger partial charge is 0.324 e. The number of nitrogens with zero attached hydrogens (tertiary/aromatic N) is 2. The van der Waals surface area contributed by atoms with Crippen LogP contribution < -0.4 is 5.73 Å². The van der Waals surface area contributed by atoms with Crippen LogP contribution in [0.1, 0.15) is 30.5 Å². The standard InChI is InChI=1S/C13H17N3/c1-3-12(14)11-6-4-5-7-13(11)16-9-10(2)8-15-16/h4-9,12H,3,14H2,1-2H3. The number of hydrogen-bond acceptors (Lipinski definition) is 2. The third kappa shape index (κ3) is 1.99. The van der Waals surface area contributed by atoms with Gasteiger partial charge in [0.05, 0.1) is 11.9 Å². The summed E-state index contributed by atoms with van der Waals surface area (Å²) in [7, 11) is 0. The van der Waals surface area contributed by atoms with Crippen LogP contribution in [0.25, 0.3) is 5.69 Å². The maximum absolute atomic E-state index is 6.10. The first-order chi connectivity index (χ1) is 7.72. The van der Waals surface area contributed by atoms with Crippen LogP contribution in [-0.4, -0.2) is 9.78 Å². The van der Waals surface area contributed by atoms with E-state index in [0.717, 1.165) is 23.2 Å². The third-order valence-corrected chi connectivity index (χ3v) is 2.73. The lowest BCUT2D eigenvalue weighted by Gasteiger charge is -2.14. The molecule has 1 heterocycles. The van der Waals surface area contributed by atoms with Gasteiger partial charge in [-0.15, -0.1) is 0 Å². The summed E-state index contributed by atoms with van der Waals surface area (Å²) in [5.74, 6) is 0. The molecule has 0 radical (unpaired) electrons. The van der Waals surface area contributed by atoms with Crippen molar-refractivity contribution in [3.8, 4) is 5.69 Å². The summed E-state index contributed by atoms with van der Waals surface area (Å²) in [6.07, 6.45) is 4.80. The molecule has 1 aromatic carbocycles. The van der Waals surface area contributed by atoms with Gasteiger partial charge in [0.15, 0.2) is 0 Å². The lowest BCUT2D eigenvalue weighted by molar-refractivity contribution is 0.686. The number of benzene rings is 1. The summed E-state index contributed by atoms with van der Waals surface area (Å²) in [5.41, 5.74) is 9.47. The van der Waals surface area contributed by atoms with Crippen LogP contribution in [0.15, 0.2) is 36.7 Å². The molecule has 0 spiro atoms. The Balaban J connectivity index is 2.48. The van der Waals surface area contributed by atoms with Gasteiger partial charge in [0.2, 0.25) is 0 Å². The molecule has 1 unspecified atom stereocenters. The maximum atomic E-state index is 6.10. The predicted molar refractivity (Wildman–Crippen MR) is 65.5 cm³/mol. The van der Waals surface area contributed by atoms with Crippen molar-refractivity contribution in [2.24, 2.45) is 5.73 Å². The van der Waals surface area contributed by atoms with Crippen molar-refractivity contribution in [2.75, 3.05) is 0 Å². The SMILES string of the molecule is CCC(N)c1ccccc1-n1cc(C)cn1. The molecule has 0 saturated heterocycles. The molecule has 1 atom stereocenters. The maximum Gasteiger partial charge on any atom is 0.0693 e. The number of hydrogen-bond donors (Lipinski definition) is 1. The Hall–Kier alpha value is -1.61. The fourth-order valence-electron chi connectivity index (χ4n) is 1.77. The van der Waals surface area contributed by atoms with Gasteiger partial charge >= 0.3 is 0 Å². The van der Waals surface area contributed by atoms with E-state index in [1.54, 1.807) is 0 Å². The minimum Gasteiger partial charge on any atom is -0.324 e. The zero-order chi connectivity index (χ0) is 11.5. The molecule has 0 bridgehead atoms. The fourth-order valence-corrected chi connectivity index (χ4v) is 1.77. The normalized spacial score (nSPS) is 12.7. The first kappa shape index (κ1) is 10.9. The second-order valence-corrected chi connectivity index (χ2v) is 4.04. The molecule has 0 saturated carbocycles. The van der Waals surface area contributed by atoms with Crippen molar-refractivity contribution >= 4 is 0 Å². The second kappa shape index (κ2) is 4.49. The molecule has 2 rings (SSSR count). The molecule has 3 nitrogen and oxygen atoms in total. The Morgan fingerprint density at radius 1 is 1.38 bits per heavy atom. The van der Waals surface area contributed by atoms with E-state index in [9.17, 15) is 0 Å². The Labute approximate surface area is 95.9 Å². The zero-order valence-corrected chi connectivity index (χ0v) is 9.72. The second-order valence-electron chi connectivity index (χ2n) is 4.04. The van der Waals surface area contributed by atoms with Gasteiger partial charge in [-0.25, -0.2) is 4.68 Å².